The number of hydrogen-bond donors (Lipinski definition) is 0. The van der Waals surface area contributed by atoms with Crippen LogP contribution in [0.15, 0.2) is 0 Å². The Bertz CT molecular complexity index is 574. The van der Waals surface area contributed by atoms with Crippen LogP contribution >= 0.6 is 0 Å². The molecule has 0 saturated heterocycles. The van der Waals surface area contributed by atoms with Crippen molar-refractivity contribution in [2.24, 2.45) is 0 Å². The lowest BCUT2D eigenvalue weighted by Crippen LogP contribution is -2.10. The fourth-order valence-corrected chi connectivity index (χ4v) is 5.65. The van der Waals surface area contributed by atoms with E-state index >= 15 is 0 Å². The van der Waals surface area contributed by atoms with Crippen LogP contribution < -0.4 is 0 Å². The molecule has 0 amide bonds. The van der Waals surface area contributed by atoms with Gasteiger partial charge in [-0.25, -0.2) is 0 Å². The first-order valence-electron chi connectivity index (χ1n) is 20.3. The van der Waals surface area contributed by atoms with E-state index in [1.165, 1.54) is 167 Å². The molecule has 0 fully saturated rings. The van der Waals surface area contributed by atoms with Crippen LogP contribution in [-0.2, 0) is 19.1 Å². The van der Waals surface area contributed by atoms with Gasteiger partial charge in [-0.15, -0.1) is 0 Å². The van der Waals surface area contributed by atoms with Gasteiger partial charge in [-0.3, -0.25) is 9.59 Å². The van der Waals surface area contributed by atoms with Gasteiger partial charge in [0, 0.05) is 12.8 Å². The van der Waals surface area contributed by atoms with Crippen LogP contribution in [0.5, 0.6) is 0 Å². The van der Waals surface area contributed by atoms with Gasteiger partial charge in [-0.2, -0.15) is 0 Å². The summed E-state index contributed by atoms with van der Waals surface area (Å²) in [5.74, 6) is -0.0359. The summed E-state index contributed by atoms with van der Waals surface area (Å²) in [6.07, 6.45) is 41.1. The third-order valence-corrected chi connectivity index (χ3v) is 8.60. The molecular weight excluding hydrogens is 556 g/mol. The van der Waals surface area contributed by atoms with Crippen molar-refractivity contribution >= 4 is 11.9 Å². The van der Waals surface area contributed by atoms with Crippen molar-refractivity contribution in [1.29, 1.82) is 0 Å². The number of carbonyl (C=O) groups excluding carboxylic acids is 2. The second kappa shape index (κ2) is 41.0. The summed E-state index contributed by atoms with van der Waals surface area (Å²) in [4.78, 5) is 22.8. The number of esters is 2. The van der Waals surface area contributed by atoms with Crippen molar-refractivity contribution in [3.8, 4) is 0 Å². The molecule has 45 heavy (non-hydrogen) atoms. The number of hydrogen-bond acceptors (Lipinski definition) is 4. The first kappa shape index (κ1) is 46.1. The molecule has 0 aliphatic heterocycles. The molecule has 0 heterocycles. The third kappa shape index (κ3) is 45.1. The van der Waals surface area contributed by atoms with Crippen molar-refractivity contribution in [3.05, 3.63) is 0 Å². The molecule has 0 rings (SSSR count). The molecule has 0 aromatic heterocycles. The number of carbonyl (C=O) groups is 2. The van der Waals surface area contributed by atoms with Gasteiger partial charge in [0.25, 0.3) is 0 Å². The summed E-state index contributed by atoms with van der Waals surface area (Å²) in [5.41, 5.74) is 0. The minimum atomic E-state index is -0.0327. The molecule has 0 aliphatic rings. The van der Waals surface area contributed by atoms with Crippen molar-refractivity contribution in [3.63, 3.8) is 0 Å². The minimum absolute atomic E-state index is 0.00322. The fraction of sp³-hybridized carbons (Fsp3) is 0.951. The van der Waals surface area contributed by atoms with Crippen LogP contribution in [0.3, 0.4) is 0 Å². The Hall–Kier alpha value is -1.06. The van der Waals surface area contributed by atoms with Crippen LogP contribution in [-0.4, -0.2) is 24.6 Å². The van der Waals surface area contributed by atoms with Gasteiger partial charge >= 0.3 is 11.9 Å². The first-order chi connectivity index (χ1) is 22.0. The second-order valence-corrected chi connectivity index (χ2v) is 13.8. The zero-order valence-corrected chi connectivity index (χ0v) is 31.5. The van der Waals surface area contributed by atoms with Crippen molar-refractivity contribution in [1.82, 2.24) is 0 Å². The SMILES string of the molecule is CCCCCCCCCCCCCCCC(=O)OCCCC.CCCCCCCCCCCCCCCCCC(=O)OC(C)C. The van der Waals surface area contributed by atoms with E-state index < -0.39 is 0 Å². The predicted molar refractivity (Wildman–Crippen MR) is 197 cm³/mol. The molecule has 0 spiro atoms. The maximum Gasteiger partial charge on any atom is 0.306 e. The molecule has 0 aromatic rings. The quantitative estimate of drug-likeness (QED) is 0.0520. The zero-order chi connectivity index (χ0) is 33.5. The normalized spacial score (nSPS) is 11.0. The van der Waals surface area contributed by atoms with E-state index in [0.717, 1.165) is 25.7 Å². The van der Waals surface area contributed by atoms with Gasteiger partial charge in [0.2, 0.25) is 0 Å². The smallest absolute Gasteiger partial charge is 0.306 e. The molecular formula is C41H82O4. The maximum atomic E-state index is 11.4. The highest BCUT2D eigenvalue weighted by Crippen LogP contribution is 2.15. The topological polar surface area (TPSA) is 52.6 Å². The molecule has 0 atom stereocenters. The first-order valence-corrected chi connectivity index (χ1v) is 20.3. The molecule has 0 unspecified atom stereocenters. The lowest BCUT2D eigenvalue weighted by atomic mass is 10.0. The zero-order valence-electron chi connectivity index (χ0n) is 31.5. The van der Waals surface area contributed by atoms with Crippen molar-refractivity contribution < 1.29 is 19.1 Å². The molecule has 270 valence electrons. The molecule has 0 radical (unpaired) electrons. The minimum Gasteiger partial charge on any atom is -0.466 e. The summed E-state index contributed by atoms with van der Waals surface area (Å²) in [7, 11) is 0. The van der Waals surface area contributed by atoms with E-state index in [2.05, 4.69) is 20.8 Å². The molecule has 0 aromatic carbocycles. The maximum absolute atomic E-state index is 11.4. The van der Waals surface area contributed by atoms with E-state index in [1.807, 2.05) is 13.8 Å². The Balaban J connectivity index is 0. The summed E-state index contributed by atoms with van der Waals surface area (Å²) < 4.78 is 10.3. The second-order valence-electron chi connectivity index (χ2n) is 13.8. The van der Waals surface area contributed by atoms with Gasteiger partial charge in [0.1, 0.15) is 0 Å². The molecule has 0 N–H and O–H groups in total. The molecule has 0 aliphatic carbocycles. The highest BCUT2D eigenvalue weighted by molar-refractivity contribution is 5.69. The lowest BCUT2D eigenvalue weighted by Gasteiger charge is -2.07. The predicted octanol–water partition coefficient (Wildman–Crippen LogP) is 14.0. The summed E-state index contributed by atoms with van der Waals surface area (Å²) in [6, 6.07) is 0. The van der Waals surface area contributed by atoms with E-state index in [9.17, 15) is 9.59 Å². The Labute approximate surface area is 283 Å². The van der Waals surface area contributed by atoms with Gasteiger partial charge < -0.3 is 9.47 Å². The number of rotatable bonds is 34. The Morgan fingerprint density at radius 1 is 0.378 bits per heavy atom. The fourth-order valence-electron chi connectivity index (χ4n) is 5.65. The van der Waals surface area contributed by atoms with Gasteiger partial charge in [0.05, 0.1) is 12.7 Å². The van der Waals surface area contributed by atoms with Gasteiger partial charge in [-0.05, 0) is 33.1 Å². The highest BCUT2D eigenvalue weighted by Gasteiger charge is 2.05. The number of unbranched alkanes of at least 4 members (excludes halogenated alkanes) is 27. The Morgan fingerprint density at radius 2 is 0.644 bits per heavy atom. The average molecular weight is 639 g/mol. The largest absolute Gasteiger partial charge is 0.466 e. The van der Waals surface area contributed by atoms with Crippen LogP contribution in [0.25, 0.3) is 0 Å². The van der Waals surface area contributed by atoms with Crippen LogP contribution in [0.4, 0.5) is 0 Å². The average Bonchev–Trinajstić information content (AvgIpc) is 3.01. The summed E-state index contributed by atoms with van der Waals surface area (Å²) in [6.45, 7) is 11.1. The molecule has 4 nitrogen and oxygen atoms in total. The third-order valence-electron chi connectivity index (χ3n) is 8.60. The summed E-state index contributed by atoms with van der Waals surface area (Å²) in [5, 5.41) is 0. The monoisotopic (exact) mass is 639 g/mol. The van der Waals surface area contributed by atoms with Crippen molar-refractivity contribution in [2.45, 2.75) is 246 Å². The van der Waals surface area contributed by atoms with Crippen LogP contribution in [0.2, 0.25) is 0 Å². The molecule has 4 heteroatoms. The van der Waals surface area contributed by atoms with Gasteiger partial charge in [0.15, 0.2) is 0 Å². The van der Waals surface area contributed by atoms with E-state index in [-0.39, 0.29) is 18.0 Å². The Morgan fingerprint density at radius 3 is 0.933 bits per heavy atom. The van der Waals surface area contributed by atoms with E-state index in [4.69, 9.17) is 9.47 Å². The van der Waals surface area contributed by atoms with Crippen LogP contribution in [0, 0.1) is 0 Å². The molecule has 0 bridgehead atoms. The molecule has 0 saturated carbocycles. The summed E-state index contributed by atoms with van der Waals surface area (Å²) >= 11 is 0. The highest BCUT2D eigenvalue weighted by atomic mass is 16.5. The van der Waals surface area contributed by atoms with Crippen molar-refractivity contribution in [2.75, 3.05) is 6.61 Å². The Kier molecular flexibility index (Phi) is 41.9. The van der Waals surface area contributed by atoms with Gasteiger partial charge in [-0.1, -0.05) is 194 Å². The van der Waals surface area contributed by atoms with E-state index in [0.29, 0.717) is 19.4 Å². The van der Waals surface area contributed by atoms with Crippen LogP contribution in [0.1, 0.15) is 240 Å². The standard InChI is InChI=1S/C21H42O2.C20H40O2/c1-4-5-6-7-8-9-10-11-12-13-14-15-16-17-18-19-21(22)23-20(2)3;1-3-5-7-8-9-10-11-12-13-14-15-16-17-18-20(21)22-19-6-4-2/h20H,4-19H2,1-3H3;3-19H2,1-2H3. The lowest BCUT2D eigenvalue weighted by molar-refractivity contribution is -0.147. The number of ether oxygens (including phenoxy) is 2. The van der Waals surface area contributed by atoms with E-state index in [1.54, 1.807) is 0 Å².